The highest BCUT2D eigenvalue weighted by Crippen LogP contribution is 2.21. The Bertz CT molecular complexity index is 681. The van der Waals surface area contributed by atoms with E-state index in [-0.39, 0.29) is 12.3 Å². The molecule has 1 saturated heterocycles. The van der Waals surface area contributed by atoms with E-state index in [0.29, 0.717) is 28.9 Å². The van der Waals surface area contributed by atoms with Gasteiger partial charge in [-0.25, -0.2) is 4.68 Å². The second-order valence-corrected chi connectivity index (χ2v) is 6.38. The van der Waals surface area contributed by atoms with Crippen LogP contribution in [0.2, 0.25) is 5.02 Å². The summed E-state index contributed by atoms with van der Waals surface area (Å²) in [7, 11) is 0. The Hall–Kier alpha value is -1.89. The number of rotatable bonds is 6. The first-order valence-electron chi connectivity index (χ1n) is 7.95. The number of carbonyl (C=O) groups is 1. The zero-order chi connectivity index (χ0) is 16.9. The number of nitrogens with zero attached hydrogens (tertiary/aromatic N) is 2. The summed E-state index contributed by atoms with van der Waals surface area (Å²) in [6, 6.07) is 8.56. The molecule has 1 aliphatic rings. The minimum atomic E-state index is -0.873. The van der Waals surface area contributed by atoms with Crippen LogP contribution in [-0.4, -0.2) is 34.0 Å². The van der Waals surface area contributed by atoms with Crippen LogP contribution in [0.15, 0.2) is 36.5 Å². The molecule has 128 valence electrons. The largest absolute Gasteiger partial charge is 0.388 e. The Morgan fingerprint density at radius 1 is 1.42 bits per heavy atom. The smallest absolute Gasteiger partial charge is 0.228 e. The first-order valence-corrected chi connectivity index (χ1v) is 8.32. The van der Waals surface area contributed by atoms with Crippen LogP contribution in [0.5, 0.6) is 0 Å². The molecule has 2 atom stereocenters. The van der Waals surface area contributed by atoms with E-state index in [4.69, 9.17) is 16.3 Å². The Morgan fingerprint density at radius 3 is 2.92 bits per heavy atom. The molecule has 1 aromatic heterocycles. The van der Waals surface area contributed by atoms with Gasteiger partial charge < -0.3 is 15.2 Å². The molecule has 1 aliphatic heterocycles. The van der Waals surface area contributed by atoms with E-state index in [1.54, 1.807) is 41.2 Å². The number of aromatic nitrogens is 2. The topological polar surface area (TPSA) is 76.4 Å². The van der Waals surface area contributed by atoms with Crippen molar-refractivity contribution in [1.29, 1.82) is 0 Å². The van der Waals surface area contributed by atoms with Gasteiger partial charge >= 0.3 is 0 Å². The quantitative estimate of drug-likeness (QED) is 0.840. The highest BCUT2D eigenvalue weighted by molar-refractivity contribution is 6.30. The fourth-order valence-corrected chi connectivity index (χ4v) is 2.85. The van der Waals surface area contributed by atoms with Gasteiger partial charge in [0.25, 0.3) is 0 Å². The summed E-state index contributed by atoms with van der Waals surface area (Å²) in [5, 5.41) is 17.8. The number of amides is 1. The lowest BCUT2D eigenvalue weighted by Crippen LogP contribution is -2.20. The molecule has 1 aromatic carbocycles. The molecule has 0 aliphatic carbocycles. The maximum Gasteiger partial charge on any atom is 0.228 e. The van der Waals surface area contributed by atoms with Crippen molar-refractivity contribution >= 4 is 23.3 Å². The lowest BCUT2D eigenvalue weighted by Gasteiger charge is -2.14. The van der Waals surface area contributed by atoms with Crippen molar-refractivity contribution in [2.45, 2.75) is 25.5 Å². The zero-order valence-electron chi connectivity index (χ0n) is 13.2. The van der Waals surface area contributed by atoms with Gasteiger partial charge in [0.1, 0.15) is 5.82 Å². The number of carbonyl (C=O) groups excluding carboxylic acids is 1. The number of ether oxygens (including phenoxy) is 1. The van der Waals surface area contributed by atoms with Gasteiger partial charge in [0, 0.05) is 30.2 Å². The molecule has 1 fully saturated rings. The SMILES string of the molecule is O=C(CC(O)c1ccc(Cl)cc1)Nc1ccnn1CC1CCOC1. The average molecular weight is 350 g/mol. The third-order valence-electron chi connectivity index (χ3n) is 4.07. The van der Waals surface area contributed by atoms with Gasteiger partial charge in [-0.2, -0.15) is 5.10 Å². The van der Waals surface area contributed by atoms with Crippen molar-refractivity contribution in [1.82, 2.24) is 9.78 Å². The molecule has 0 radical (unpaired) electrons. The molecule has 1 amide bonds. The van der Waals surface area contributed by atoms with Gasteiger partial charge in [-0.3, -0.25) is 4.79 Å². The molecule has 2 aromatic rings. The molecular weight excluding hydrogens is 330 g/mol. The van der Waals surface area contributed by atoms with Crippen LogP contribution in [0.1, 0.15) is 24.5 Å². The third kappa shape index (κ3) is 4.35. The molecule has 0 bridgehead atoms. The first-order chi connectivity index (χ1) is 11.6. The lowest BCUT2D eigenvalue weighted by molar-refractivity contribution is -0.118. The predicted molar refractivity (Wildman–Crippen MR) is 90.8 cm³/mol. The summed E-state index contributed by atoms with van der Waals surface area (Å²) in [6.07, 6.45) is 1.75. The molecule has 3 rings (SSSR count). The van der Waals surface area contributed by atoms with Crippen LogP contribution in [-0.2, 0) is 16.1 Å². The van der Waals surface area contributed by atoms with E-state index in [2.05, 4.69) is 10.4 Å². The molecule has 2 N–H and O–H groups in total. The van der Waals surface area contributed by atoms with E-state index in [1.165, 1.54) is 0 Å². The molecule has 24 heavy (non-hydrogen) atoms. The molecule has 7 heteroatoms. The number of hydrogen-bond acceptors (Lipinski definition) is 4. The van der Waals surface area contributed by atoms with Crippen molar-refractivity contribution in [3.63, 3.8) is 0 Å². The number of aliphatic hydroxyl groups excluding tert-OH is 1. The Balaban J connectivity index is 1.56. The average Bonchev–Trinajstić information content (AvgIpc) is 3.21. The fraction of sp³-hybridized carbons (Fsp3) is 0.412. The van der Waals surface area contributed by atoms with Crippen LogP contribution in [0, 0.1) is 5.92 Å². The number of benzene rings is 1. The molecule has 0 saturated carbocycles. The van der Waals surface area contributed by atoms with Crippen molar-refractivity contribution in [3.8, 4) is 0 Å². The second-order valence-electron chi connectivity index (χ2n) is 5.95. The van der Waals surface area contributed by atoms with E-state index in [0.717, 1.165) is 19.6 Å². The normalized spacial score (nSPS) is 18.5. The molecular formula is C17H20ClN3O3. The van der Waals surface area contributed by atoms with Gasteiger partial charge in [0.05, 0.1) is 25.3 Å². The Morgan fingerprint density at radius 2 is 2.21 bits per heavy atom. The summed E-state index contributed by atoms with van der Waals surface area (Å²) < 4.78 is 7.14. The summed E-state index contributed by atoms with van der Waals surface area (Å²) in [6.45, 7) is 2.21. The number of anilines is 1. The zero-order valence-corrected chi connectivity index (χ0v) is 13.9. The van der Waals surface area contributed by atoms with Crippen LogP contribution in [0.3, 0.4) is 0 Å². The highest BCUT2D eigenvalue weighted by atomic mass is 35.5. The summed E-state index contributed by atoms with van der Waals surface area (Å²) in [5.74, 6) is 0.789. The van der Waals surface area contributed by atoms with Crippen molar-refractivity contribution in [2.75, 3.05) is 18.5 Å². The van der Waals surface area contributed by atoms with E-state index in [1.807, 2.05) is 0 Å². The summed E-state index contributed by atoms with van der Waals surface area (Å²) in [5.41, 5.74) is 0.658. The van der Waals surface area contributed by atoms with E-state index >= 15 is 0 Å². The minimum absolute atomic E-state index is 0.0284. The minimum Gasteiger partial charge on any atom is -0.388 e. The van der Waals surface area contributed by atoms with E-state index < -0.39 is 6.10 Å². The van der Waals surface area contributed by atoms with Gasteiger partial charge in [0.2, 0.25) is 5.91 Å². The standard InChI is InChI=1S/C17H20ClN3O3/c18-14-3-1-13(2-4-14)15(22)9-17(23)20-16-5-7-19-21(16)10-12-6-8-24-11-12/h1-5,7,12,15,22H,6,8-11H2,(H,20,23). The Labute approximate surface area is 145 Å². The lowest BCUT2D eigenvalue weighted by atomic mass is 10.1. The molecule has 6 nitrogen and oxygen atoms in total. The monoisotopic (exact) mass is 349 g/mol. The van der Waals surface area contributed by atoms with Gasteiger partial charge in [-0.05, 0) is 24.1 Å². The van der Waals surface area contributed by atoms with Gasteiger partial charge in [0.15, 0.2) is 0 Å². The van der Waals surface area contributed by atoms with Crippen LogP contribution in [0.25, 0.3) is 0 Å². The summed E-state index contributed by atoms with van der Waals surface area (Å²) in [4.78, 5) is 12.2. The van der Waals surface area contributed by atoms with Crippen LogP contribution < -0.4 is 5.32 Å². The van der Waals surface area contributed by atoms with Gasteiger partial charge in [-0.15, -0.1) is 0 Å². The third-order valence-corrected chi connectivity index (χ3v) is 4.32. The van der Waals surface area contributed by atoms with Crippen LogP contribution in [0.4, 0.5) is 5.82 Å². The molecule has 2 heterocycles. The first kappa shape index (κ1) is 17.0. The second kappa shape index (κ2) is 7.79. The number of hydrogen-bond donors (Lipinski definition) is 2. The van der Waals surface area contributed by atoms with Crippen LogP contribution >= 0.6 is 11.6 Å². The molecule has 2 unspecified atom stereocenters. The molecule has 0 spiro atoms. The fourth-order valence-electron chi connectivity index (χ4n) is 2.73. The summed E-state index contributed by atoms with van der Waals surface area (Å²) >= 11 is 5.82. The maximum atomic E-state index is 12.2. The van der Waals surface area contributed by atoms with Gasteiger partial charge in [-0.1, -0.05) is 23.7 Å². The maximum absolute atomic E-state index is 12.2. The number of halogens is 1. The van der Waals surface area contributed by atoms with Crippen molar-refractivity contribution in [3.05, 3.63) is 47.1 Å². The van der Waals surface area contributed by atoms with Crippen molar-refractivity contribution in [2.24, 2.45) is 5.92 Å². The van der Waals surface area contributed by atoms with Crippen molar-refractivity contribution < 1.29 is 14.6 Å². The predicted octanol–water partition coefficient (Wildman–Crippen LogP) is 2.64. The number of aliphatic hydroxyl groups is 1. The van der Waals surface area contributed by atoms with E-state index in [9.17, 15) is 9.90 Å². The highest BCUT2D eigenvalue weighted by Gasteiger charge is 2.19. The Kier molecular flexibility index (Phi) is 5.50. The number of nitrogens with one attached hydrogen (secondary N) is 1.